The van der Waals surface area contributed by atoms with Crippen LogP contribution in [0.25, 0.3) is 11.1 Å². The molecular formula is C21H27N2O+. The fourth-order valence-electron chi connectivity index (χ4n) is 3.75. The summed E-state index contributed by atoms with van der Waals surface area (Å²) in [5.41, 5.74) is 3.08. The van der Waals surface area contributed by atoms with E-state index in [0.717, 1.165) is 21.3 Å². The van der Waals surface area contributed by atoms with E-state index in [1.54, 1.807) is 0 Å². The molecule has 126 valence electrons. The van der Waals surface area contributed by atoms with Crippen molar-refractivity contribution in [1.29, 1.82) is 0 Å². The highest BCUT2D eigenvalue weighted by Crippen LogP contribution is 2.29. The second-order valence-electron chi connectivity index (χ2n) is 7.33. The number of para-hydroxylation sites is 1. The van der Waals surface area contributed by atoms with E-state index >= 15 is 0 Å². The van der Waals surface area contributed by atoms with Crippen LogP contribution in [0, 0.1) is 0 Å². The van der Waals surface area contributed by atoms with Gasteiger partial charge in [-0.3, -0.25) is 4.79 Å². The van der Waals surface area contributed by atoms with Gasteiger partial charge in [-0.05, 0) is 37.3 Å². The summed E-state index contributed by atoms with van der Waals surface area (Å²) in [6, 6.07) is 18.8. The molecule has 1 N–H and O–H groups in total. The molecule has 0 unspecified atom stereocenters. The minimum absolute atomic E-state index is 0.0929. The summed E-state index contributed by atoms with van der Waals surface area (Å²) in [5.74, 6) is 0.0929. The molecule has 2 aromatic rings. The Morgan fingerprint density at radius 1 is 1.00 bits per heavy atom. The predicted octanol–water partition coefficient (Wildman–Crippen LogP) is 4.31. The number of nitrogens with one attached hydrogen (secondary N) is 1. The van der Waals surface area contributed by atoms with Crippen molar-refractivity contribution in [1.82, 2.24) is 0 Å². The summed E-state index contributed by atoms with van der Waals surface area (Å²) >= 11 is 0. The van der Waals surface area contributed by atoms with Crippen LogP contribution in [0.15, 0.2) is 54.6 Å². The van der Waals surface area contributed by atoms with Crippen LogP contribution in [0.4, 0.5) is 5.69 Å². The maximum Gasteiger partial charge on any atom is 0.279 e. The number of hydrogen-bond acceptors (Lipinski definition) is 1. The summed E-state index contributed by atoms with van der Waals surface area (Å²) < 4.78 is 0.777. The average Bonchev–Trinajstić information content (AvgIpc) is 3.11. The van der Waals surface area contributed by atoms with Gasteiger partial charge in [-0.1, -0.05) is 48.5 Å². The molecule has 3 rings (SSSR count). The smallest absolute Gasteiger partial charge is 0.279 e. The Labute approximate surface area is 144 Å². The van der Waals surface area contributed by atoms with Crippen molar-refractivity contribution < 1.29 is 9.28 Å². The summed E-state index contributed by atoms with van der Waals surface area (Å²) in [6.45, 7) is 0.522. The Balaban J connectivity index is 1.73. The van der Waals surface area contributed by atoms with Gasteiger partial charge in [0, 0.05) is 11.3 Å². The lowest BCUT2D eigenvalue weighted by Crippen LogP contribution is -2.51. The zero-order valence-electron chi connectivity index (χ0n) is 14.7. The Kier molecular flexibility index (Phi) is 5.00. The normalized spacial score (nSPS) is 15.4. The molecule has 1 aliphatic carbocycles. The van der Waals surface area contributed by atoms with Crippen molar-refractivity contribution in [2.24, 2.45) is 0 Å². The topological polar surface area (TPSA) is 29.1 Å². The third-order valence-corrected chi connectivity index (χ3v) is 5.15. The zero-order valence-corrected chi connectivity index (χ0v) is 14.7. The molecule has 1 amide bonds. The number of carbonyl (C=O) groups excluding carboxylic acids is 1. The van der Waals surface area contributed by atoms with E-state index in [2.05, 4.69) is 37.6 Å². The summed E-state index contributed by atoms with van der Waals surface area (Å²) in [7, 11) is 4.36. The Morgan fingerprint density at radius 3 is 2.33 bits per heavy atom. The first-order chi connectivity index (χ1) is 11.6. The quantitative estimate of drug-likeness (QED) is 0.816. The molecule has 1 aliphatic rings. The van der Waals surface area contributed by atoms with Crippen molar-refractivity contribution in [3.05, 3.63) is 54.6 Å². The molecule has 1 saturated carbocycles. The van der Waals surface area contributed by atoms with Crippen LogP contribution in [0.5, 0.6) is 0 Å². The van der Waals surface area contributed by atoms with Gasteiger partial charge < -0.3 is 9.80 Å². The lowest BCUT2D eigenvalue weighted by Gasteiger charge is -2.35. The van der Waals surface area contributed by atoms with Crippen LogP contribution in [0.2, 0.25) is 0 Å². The molecule has 0 heterocycles. The number of likely N-dealkylation sites (N-methyl/N-ethyl adjacent to an activating group) is 1. The van der Waals surface area contributed by atoms with E-state index in [-0.39, 0.29) is 5.91 Å². The van der Waals surface area contributed by atoms with Crippen LogP contribution in [0.3, 0.4) is 0 Å². The van der Waals surface area contributed by atoms with Gasteiger partial charge in [0.15, 0.2) is 6.54 Å². The number of rotatable bonds is 5. The number of amides is 1. The van der Waals surface area contributed by atoms with Crippen molar-refractivity contribution in [2.45, 2.75) is 31.7 Å². The molecule has 3 heteroatoms. The summed E-state index contributed by atoms with van der Waals surface area (Å²) in [4.78, 5) is 12.6. The molecule has 3 nitrogen and oxygen atoms in total. The van der Waals surface area contributed by atoms with Gasteiger partial charge in [0.25, 0.3) is 5.91 Å². The van der Waals surface area contributed by atoms with Crippen LogP contribution in [-0.4, -0.2) is 37.1 Å². The van der Waals surface area contributed by atoms with Crippen molar-refractivity contribution >= 4 is 11.6 Å². The molecule has 24 heavy (non-hydrogen) atoms. The maximum atomic E-state index is 12.6. The molecule has 0 atom stereocenters. The Morgan fingerprint density at radius 2 is 1.62 bits per heavy atom. The third kappa shape index (κ3) is 3.85. The van der Waals surface area contributed by atoms with Gasteiger partial charge >= 0.3 is 0 Å². The average molecular weight is 323 g/mol. The maximum absolute atomic E-state index is 12.6. The molecule has 0 aromatic heterocycles. The molecule has 0 radical (unpaired) electrons. The lowest BCUT2D eigenvalue weighted by molar-refractivity contribution is -0.906. The van der Waals surface area contributed by atoms with E-state index < -0.39 is 0 Å². The highest BCUT2D eigenvalue weighted by molar-refractivity contribution is 5.96. The highest BCUT2D eigenvalue weighted by atomic mass is 16.2. The predicted molar refractivity (Wildman–Crippen MR) is 99.7 cm³/mol. The van der Waals surface area contributed by atoms with E-state index in [1.807, 2.05) is 36.4 Å². The first-order valence-corrected chi connectivity index (χ1v) is 8.83. The summed E-state index contributed by atoms with van der Waals surface area (Å²) in [6.07, 6.45) is 5.07. The van der Waals surface area contributed by atoms with Crippen LogP contribution < -0.4 is 5.32 Å². The van der Waals surface area contributed by atoms with Gasteiger partial charge in [-0.15, -0.1) is 0 Å². The van der Waals surface area contributed by atoms with Crippen molar-refractivity contribution in [3.63, 3.8) is 0 Å². The fraction of sp³-hybridized carbons (Fsp3) is 0.381. The standard InChI is InChI=1S/C21H26N2O/c1-23(2,18-12-6-7-13-18)16-21(24)22-20-15-9-8-14-19(20)17-10-4-3-5-11-17/h3-5,8-11,14-15,18H,6-7,12-13,16H2,1-2H3/p+1. The van der Waals surface area contributed by atoms with Crippen LogP contribution >= 0.6 is 0 Å². The SMILES string of the molecule is C[N+](C)(CC(=O)Nc1ccccc1-c1ccccc1)C1CCCC1. The lowest BCUT2D eigenvalue weighted by atomic mass is 10.0. The number of benzene rings is 2. The molecule has 1 fully saturated rings. The van der Waals surface area contributed by atoms with E-state index in [0.29, 0.717) is 12.6 Å². The molecule has 0 bridgehead atoms. The van der Waals surface area contributed by atoms with Crippen LogP contribution in [0.1, 0.15) is 25.7 Å². The number of anilines is 1. The van der Waals surface area contributed by atoms with Gasteiger partial charge in [-0.25, -0.2) is 0 Å². The second-order valence-corrected chi connectivity index (χ2v) is 7.33. The Hall–Kier alpha value is -2.13. The van der Waals surface area contributed by atoms with Crippen LogP contribution in [-0.2, 0) is 4.79 Å². The summed E-state index contributed by atoms with van der Waals surface area (Å²) in [5, 5.41) is 3.13. The largest absolute Gasteiger partial charge is 0.321 e. The molecule has 0 saturated heterocycles. The fourth-order valence-corrected chi connectivity index (χ4v) is 3.75. The second kappa shape index (κ2) is 7.18. The number of nitrogens with zero attached hydrogens (tertiary/aromatic N) is 1. The first-order valence-electron chi connectivity index (χ1n) is 8.83. The highest BCUT2D eigenvalue weighted by Gasteiger charge is 2.33. The number of carbonyl (C=O) groups is 1. The van der Waals surface area contributed by atoms with E-state index in [9.17, 15) is 4.79 Å². The zero-order chi connectivity index (χ0) is 17.0. The third-order valence-electron chi connectivity index (χ3n) is 5.15. The number of quaternary nitrogens is 1. The minimum Gasteiger partial charge on any atom is -0.321 e. The first kappa shape index (κ1) is 16.7. The van der Waals surface area contributed by atoms with Gasteiger partial charge in [-0.2, -0.15) is 0 Å². The Bertz CT molecular complexity index is 688. The molecule has 0 spiro atoms. The van der Waals surface area contributed by atoms with Gasteiger partial charge in [0.2, 0.25) is 0 Å². The number of hydrogen-bond donors (Lipinski definition) is 1. The molecular weight excluding hydrogens is 296 g/mol. The molecule has 2 aromatic carbocycles. The molecule has 0 aliphatic heterocycles. The van der Waals surface area contributed by atoms with Gasteiger partial charge in [0.05, 0.1) is 20.1 Å². The van der Waals surface area contributed by atoms with E-state index in [4.69, 9.17) is 0 Å². The van der Waals surface area contributed by atoms with E-state index in [1.165, 1.54) is 25.7 Å². The monoisotopic (exact) mass is 323 g/mol. The minimum atomic E-state index is 0.0929. The van der Waals surface area contributed by atoms with Crippen molar-refractivity contribution in [2.75, 3.05) is 26.0 Å². The van der Waals surface area contributed by atoms with Gasteiger partial charge in [0.1, 0.15) is 0 Å². The van der Waals surface area contributed by atoms with Crippen molar-refractivity contribution in [3.8, 4) is 11.1 Å².